The minimum absolute atomic E-state index is 0.288. The lowest BCUT2D eigenvalue weighted by Gasteiger charge is -2.16. The third-order valence-electron chi connectivity index (χ3n) is 5.12. The quantitative estimate of drug-likeness (QED) is 0.123. The smallest absolute Gasteiger partial charge is 0.238 e. The molecule has 27 heavy (non-hydrogen) atoms. The van der Waals surface area contributed by atoms with Crippen molar-refractivity contribution in [3.63, 3.8) is 0 Å². The Bertz CT molecular complexity index is 385. The molecule has 0 spiro atoms. The number of rotatable bonds is 20. The van der Waals surface area contributed by atoms with Crippen molar-refractivity contribution in [1.29, 1.82) is 0 Å². The van der Waals surface area contributed by atoms with E-state index in [0.717, 1.165) is 57.8 Å². The number of aliphatic hydroxyl groups is 1. The minimum atomic E-state index is -0.799. The van der Waals surface area contributed by atoms with Gasteiger partial charge in [-0.25, -0.2) is 0 Å². The monoisotopic (exact) mass is 382 g/mol. The summed E-state index contributed by atoms with van der Waals surface area (Å²) in [4.78, 5) is 20.9. The molecule has 0 aliphatic carbocycles. The van der Waals surface area contributed by atoms with Gasteiger partial charge in [-0.2, -0.15) is 0 Å². The van der Waals surface area contributed by atoms with Gasteiger partial charge in [0.15, 0.2) is 0 Å². The number of aliphatic hydroxyl groups excluding tert-OH is 1. The summed E-state index contributed by atoms with van der Waals surface area (Å²) in [5.41, 5.74) is 0. The van der Waals surface area contributed by atoms with E-state index < -0.39 is 12.1 Å². The Hall–Kier alpha value is -1.23. The highest BCUT2D eigenvalue weighted by molar-refractivity contribution is 5.65. The molecule has 0 rings (SSSR count). The fourth-order valence-electron chi connectivity index (χ4n) is 3.40. The molecule has 0 fully saturated rings. The average Bonchev–Trinajstić information content (AvgIpc) is 2.65. The molecule has 0 aromatic rings. The highest BCUT2D eigenvalue weighted by atomic mass is 16.6. The molecule has 157 valence electrons. The second-order valence-electron chi connectivity index (χ2n) is 7.55. The SMILES string of the molecule is CCCCCCC(C(O)CCCCCCCCCCC/C=C/[C]=O)[N+](=O)[O-]. The second kappa shape index (κ2) is 19.5. The normalized spacial score (nSPS) is 13.7. The van der Waals surface area contributed by atoms with E-state index in [1.54, 1.807) is 6.29 Å². The van der Waals surface area contributed by atoms with Gasteiger partial charge < -0.3 is 5.11 Å². The maximum atomic E-state index is 11.2. The Labute approximate surface area is 165 Å². The van der Waals surface area contributed by atoms with Crippen molar-refractivity contribution in [2.75, 3.05) is 0 Å². The molecule has 0 bridgehead atoms. The van der Waals surface area contributed by atoms with Crippen LogP contribution in [0.1, 0.15) is 110 Å². The van der Waals surface area contributed by atoms with Gasteiger partial charge in [0.25, 0.3) is 0 Å². The number of carbonyl (C=O) groups excluding carboxylic acids is 1. The molecule has 5 nitrogen and oxygen atoms in total. The molecule has 2 unspecified atom stereocenters. The Morgan fingerprint density at radius 3 is 1.96 bits per heavy atom. The number of unbranched alkanes of at least 4 members (excludes halogenated alkanes) is 12. The third-order valence-corrected chi connectivity index (χ3v) is 5.12. The van der Waals surface area contributed by atoms with Crippen LogP contribution in [0.4, 0.5) is 0 Å². The Morgan fingerprint density at radius 1 is 0.889 bits per heavy atom. The van der Waals surface area contributed by atoms with E-state index in [2.05, 4.69) is 6.92 Å². The molecule has 0 aliphatic heterocycles. The first-order chi connectivity index (χ1) is 13.1. The van der Waals surface area contributed by atoms with Crippen molar-refractivity contribution >= 4 is 6.29 Å². The molecule has 2 atom stereocenters. The van der Waals surface area contributed by atoms with Crippen molar-refractivity contribution in [2.24, 2.45) is 0 Å². The van der Waals surface area contributed by atoms with Crippen LogP contribution in [0.2, 0.25) is 0 Å². The van der Waals surface area contributed by atoms with Crippen LogP contribution < -0.4 is 0 Å². The first-order valence-electron chi connectivity index (χ1n) is 11.0. The Morgan fingerprint density at radius 2 is 1.41 bits per heavy atom. The van der Waals surface area contributed by atoms with Crippen molar-refractivity contribution < 1.29 is 14.8 Å². The molecule has 1 N–H and O–H groups in total. The van der Waals surface area contributed by atoms with Crippen LogP contribution in [0.5, 0.6) is 0 Å². The fourth-order valence-corrected chi connectivity index (χ4v) is 3.40. The zero-order chi connectivity index (χ0) is 20.2. The van der Waals surface area contributed by atoms with Gasteiger partial charge in [0, 0.05) is 11.3 Å². The molecule has 1 radical (unpaired) electrons. The van der Waals surface area contributed by atoms with Crippen LogP contribution in [0.15, 0.2) is 12.2 Å². The highest BCUT2D eigenvalue weighted by Gasteiger charge is 2.28. The lowest BCUT2D eigenvalue weighted by molar-refractivity contribution is -0.535. The largest absolute Gasteiger partial charge is 0.386 e. The molecular formula is C22H40NO4. The van der Waals surface area contributed by atoms with Crippen molar-refractivity contribution in [2.45, 2.75) is 122 Å². The van der Waals surface area contributed by atoms with Crippen molar-refractivity contribution in [1.82, 2.24) is 0 Å². The highest BCUT2D eigenvalue weighted by Crippen LogP contribution is 2.17. The Kier molecular flexibility index (Phi) is 18.6. The van der Waals surface area contributed by atoms with Crippen LogP contribution in [0.3, 0.4) is 0 Å². The van der Waals surface area contributed by atoms with E-state index in [9.17, 15) is 20.0 Å². The maximum absolute atomic E-state index is 11.2. The van der Waals surface area contributed by atoms with Gasteiger partial charge in [-0.05, 0) is 31.8 Å². The van der Waals surface area contributed by atoms with E-state index in [-0.39, 0.29) is 4.92 Å². The summed E-state index contributed by atoms with van der Waals surface area (Å²) in [5.74, 6) is 0. The van der Waals surface area contributed by atoms with Crippen molar-refractivity contribution in [3.05, 3.63) is 22.3 Å². The average molecular weight is 383 g/mol. The number of hydrogen-bond acceptors (Lipinski definition) is 4. The van der Waals surface area contributed by atoms with E-state index in [1.807, 2.05) is 6.08 Å². The topological polar surface area (TPSA) is 80.4 Å². The second-order valence-corrected chi connectivity index (χ2v) is 7.55. The molecule has 0 amide bonds. The van der Waals surface area contributed by atoms with E-state index >= 15 is 0 Å². The predicted molar refractivity (Wildman–Crippen MR) is 111 cm³/mol. The van der Waals surface area contributed by atoms with Gasteiger partial charge in [0.05, 0.1) is 0 Å². The van der Waals surface area contributed by atoms with Gasteiger partial charge in [0.2, 0.25) is 12.3 Å². The molecule has 0 aromatic heterocycles. The van der Waals surface area contributed by atoms with E-state index in [0.29, 0.717) is 12.8 Å². The van der Waals surface area contributed by atoms with Gasteiger partial charge in [0.1, 0.15) is 6.10 Å². The summed E-state index contributed by atoms with van der Waals surface area (Å²) >= 11 is 0. The van der Waals surface area contributed by atoms with Crippen molar-refractivity contribution in [3.8, 4) is 0 Å². The zero-order valence-electron chi connectivity index (χ0n) is 17.2. The lowest BCUT2D eigenvalue weighted by atomic mass is 9.98. The molecule has 0 aliphatic rings. The number of nitrogens with zero attached hydrogens (tertiary/aromatic N) is 1. The molecule has 0 saturated carbocycles. The Balaban J connectivity index is 3.56. The summed E-state index contributed by atoms with van der Waals surface area (Å²) in [5, 5.41) is 21.3. The molecule has 0 saturated heterocycles. The van der Waals surface area contributed by atoms with Crippen LogP contribution in [0.25, 0.3) is 0 Å². The maximum Gasteiger partial charge on any atom is 0.238 e. The number of allylic oxidation sites excluding steroid dienone is 2. The van der Waals surface area contributed by atoms with Crippen LogP contribution in [0, 0.1) is 10.1 Å². The number of hydrogen-bond donors (Lipinski definition) is 1. The molecule has 0 heterocycles. The zero-order valence-corrected chi connectivity index (χ0v) is 17.2. The summed E-state index contributed by atoms with van der Waals surface area (Å²) < 4.78 is 0. The summed E-state index contributed by atoms with van der Waals surface area (Å²) in [7, 11) is 0. The fraction of sp³-hybridized carbons (Fsp3) is 0.864. The predicted octanol–water partition coefficient (Wildman–Crippen LogP) is 5.92. The van der Waals surface area contributed by atoms with E-state index in [4.69, 9.17) is 0 Å². The van der Waals surface area contributed by atoms with Gasteiger partial charge >= 0.3 is 0 Å². The van der Waals surface area contributed by atoms with Gasteiger partial charge in [-0.15, -0.1) is 0 Å². The molecular weight excluding hydrogens is 342 g/mol. The molecule has 5 heteroatoms. The first-order valence-corrected chi connectivity index (χ1v) is 11.0. The minimum Gasteiger partial charge on any atom is -0.386 e. The summed E-state index contributed by atoms with van der Waals surface area (Å²) in [6.07, 6.45) is 20.7. The standard InChI is InChI=1S/C22H40NO4/c1-2-3-4-15-18-21(23(26)27)22(25)19-16-13-11-9-7-5-6-8-10-12-14-17-20-24/h14,17,21-22,25H,2-13,15-16,18-19H2,1H3/b17-14+. The van der Waals surface area contributed by atoms with E-state index in [1.165, 1.54) is 38.2 Å². The summed E-state index contributed by atoms with van der Waals surface area (Å²) in [6.45, 7) is 2.12. The van der Waals surface area contributed by atoms with Crippen LogP contribution in [-0.2, 0) is 4.79 Å². The van der Waals surface area contributed by atoms with Crippen LogP contribution >= 0.6 is 0 Å². The third kappa shape index (κ3) is 16.7. The molecule has 0 aromatic carbocycles. The van der Waals surface area contributed by atoms with Gasteiger partial charge in [-0.3, -0.25) is 14.9 Å². The number of nitro groups is 1. The van der Waals surface area contributed by atoms with Gasteiger partial charge in [-0.1, -0.05) is 83.6 Å². The van der Waals surface area contributed by atoms with Crippen LogP contribution in [-0.4, -0.2) is 28.5 Å². The lowest BCUT2D eigenvalue weighted by Crippen LogP contribution is -2.33. The summed E-state index contributed by atoms with van der Waals surface area (Å²) in [6, 6.07) is -0.791. The first kappa shape index (κ1) is 25.8.